The van der Waals surface area contributed by atoms with Crippen molar-refractivity contribution < 1.29 is 9.53 Å². The maximum Gasteiger partial charge on any atom is 0.227 e. The number of thioether (sulfide) groups is 1. The van der Waals surface area contributed by atoms with Gasteiger partial charge in [0.15, 0.2) is 5.78 Å². The summed E-state index contributed by atoms with van der Waals surface area (Å²) < 4.78 is 8.98. The number of ketones is 1. The van der Waals surface area contributed by atoms with Gasteiger partial charge in [0.25, 0.3) is 0 Å². The number of halogens is 4. The molecule has 0 saturated heterocycles. The Bertz CT molecular complexity index is 1660. The molecule has 0 bridgehead atoms. The fraction of sp³-hybridized carbons (Fsp3) is 0.207. The van der Waals surface area contributed by atoms with Gasteiger partial charge in [-0.15, -0.1) is 5.10 Å². The molecule has 1 aliphatic heterocycles. The molecule has 2 heterocycles. The number of nitrogens with one attached hydrogen (secondary N) is 1. The van der Waals surface area contributed by atoms with Crippen LogP contribution in [0.15, 0.2) is 81.6 Å². The van der Waals surface area contributed by atoms with Crippen LogP contribution in [-0.2, 0) is 17.2 Å². The lowest BCUT2D eigenvalue weighted by atomic mass is 9.85. The van der Waals surface area contributed by atoms with Crippen molar-refractivity contribution in [2.24, 2.45) is 0 Å². The van der Waals surface area contributed by atoms with E-state index in [1.165, 1.54) is 11.8 Å². The molecule has 11 heteroatoms. The summed E-state index contributed by atoms with van der Waals surface area (Å²) in [5.41, 5.74) is 4.19. The minimum Gasteiger partial charge on any atom is -0.488 e. The summed E-state index contributed by atoms with van der Waals surface area (Å²) in [6, 6.07) is 18.3. The highest BCUT2D eigenvalue weighted by atomic mass is 79.9. The van der Waals surface area contributed by atoms with Crippen molar-refractivity contribution in [3.8, 4) is 5.75 Å². The second-order valence-electron chi connectivity index (χ2n) is 9.45. The highest BCUT2D eigenvalue weighted by Gasteiger charge is 2.38. The number of rotatable bonds is 7. The number of benzene rings is 3. The summed E-state index contributed by atoms with van der Waals surface area (Å²) in [4.78, 5) is 18.2. The minimum atomic E-state index is -0.505. The van der Waals surface area contributed by atoms with E-state index in [4.69, 9.17) is 49.6 Å². The van der Waals surface area contributed by atoms with E-state index in [0.29, 0.717) is 49.7 Å². The average molecular weight is 677 g/mol. The third-order valence-electron chi connectivity index (χ3n) is 6.83. The molecule has 4 aromatic rings. The van der Waals surface area contributed by atoms with Crippen LogP contribution < -0.4 is 10.1 Å². The van der Waals surface area contributed by atoms with Gasteiger partial charge in [-0.25, -0.2) is 4.68 Å². The van der Waals surface area contributed by atoms with Crippen LogP contribution in [0.25, 0.3) is 0 Å². The maximum absolute atomic E-state index is 13.4. The Morgan fingerprint density at radius 2 is 1.88 bits per heavy atom. The number of aromatic nitrogens is 3. The Labute approximate surface area is 259 Å². The highest BCUT2D eigenvalue weighted by Crippen LogP contribution is 2.44. The second kappa shape index (κ2) is 11.8. The van der Waals surface area contributed by atoms with E-state index < -0.39 is 6.04 Å². The highest BCUT2D eigenvalue weighted by molar-refractivity contribution is 9.10. The predicted molar refractivity (Wildman–Crippen MR) is 164 cm³/mol. The van der Waals surface area contributed by atoms with Crippen molar-refractivity contribution >= 4 is 74.2 Å². The monoisotopic (exact) mass is 674 g/mol. The van der Waals surface area contributed by atoms with Crippen molar-refractivity contribution in [2.45, 2.75) is 42.8 Å². The van der Waals surface area contributed by atoms with E-state index in [0.717, 1.165) is 39.7 Å². The van der Waals surface area contributed by atoms with Crippen molar-refractivity contribution in [1.29, 1.82) is 0 Å². The van der Waals surface area contributed by atoms with E-state index >= 15 is 0 Å². The van der Waals surface area contributed by atoms with Gasteiger partial charge in [-0.3, -0.25) is 4.79 Å². The molecule has 6 nitrogen and oxygen atoms in total. The Morgan fingerprint density at radius 3 is 2.70 bits per heavy atom. The van der Waals surface area contributed by atoms with Crippen LogP contribution in [0.1, 0.15) is 42.0 Å². The van der Waals surface area contributed by atoms with Gasteiger partial charge >= 0.3 is 0 Å². The molecule has 6 rings (SSSR count). The molecule has 1 atom stereocenters. The zero-order chi connectivity index (χ0) is 27.8. The van der Waals surface area contributed by atoms with E-state index in [1.807, 2.05) is 48.5 Å². The maximum atomic E-state index is 13.4. The van der Waals surface area contributed by atoms with Crippen LogP contribution >= 0.6 is 62.5 Å². The number of allylic oxidation sites excluding steroid dienone is 2. The number of nitrogens with zero attached hydrogens (tertiary/aromatic N) is 3. The molecule has 0 radical (unpaired) electrons. The van der Waals surface area contributed by atoms with Crippen LogP contribution in [0.5, 0.6) is 5.75 Å². The number of hydrogen-bond donors (Lipinski definition) is 1. The SMILES string of the molecule is O=C1CCCC2=C1C(c1cc(Br)ccc1OCc1ccc(Cl)cc1Cl)n1nc(SCc3ccccc3Cl)nc1N2. The molecule has 40 heavy (non-hydrogen) atoms. The fourth-order valence-corrected chi connectivity index (χ4v) is 6.86. The van der Waals surface area contributed by atoms with Crippen LogP contribution in [-0.4, -0.2) is 20.5 Å². The van der Waals surface area contributed by atoms with Gasteiger partial charge < -0.3 is 10.1 Å². The van der Waals surface area contributed by atoms with Crippen LogP contribution in [0.3, 0.4) is 0 Å². The number of hydrogen-bond acceptors (Lipinski definition) is 6. The molecule has 0 fully saturated rings. The molecule has 0 amide bonds. The smallest absolute Gasteiger partial charge is 0.227 e. The molecule has 204 valence electrons. The topological polar surface area (TPSA) is 69.0 Å². The predicted octanol–water partition coefficient (Wildman–Crippen LogP) is 8.89. The number of carbonyl (C=O) groups excluding carboxylic acids is 1. The summed E-state index contributed by atoms with van der Waals surface area (Å²) in [6.45, 7) is 0.235. The van der Waals surface area contributed by atoms with Gasteiger partial charge in [-0.1, -0.05) is 86.8 Å². The fourth-order valence-electron chi connectivity index (χ4n) is 4.90. The molecule has 1 aromatic heterocycles. The lowest BCUT2D eigenvalue weighted by Gasteiger charge is -2.33. The average Bonchev–Trinajstić information content (AvgIpc) is 3.34. The van der Waals surface area contributed by atoms with Gasteiger partial charge in [-0.2, -0.15) is 4.98 Å². The molecule has 3 aromatic carbocycles. The summed E-state index contributed by atoms with van der Waals surface area (Å²) in [7, 11) is 0. The van der Waals surface area contributed by atoms with Gasteiger partial charge in [0, 0.05) is 54.1 Å². The minimum absolute atomic E-state index is 0.0943. The molecular weight excluding hydrogens is 655 g/mol. The number of anilines is 1. The van der Waals surface area contributed by atoms with Gasteiger partial charge in [0.1, 0.15) is 18.4 Å². The summed E-state index contributed by atoms with van der Waals surface area (Å²) in [5, 5.41) is 10.6. The lowest BCUT2D eigenvalue weighted by Crippen LogP contribution is -2.31. The Hall–Kier alpha value is -2.49. The first kappa shape index (κ1) is 27.7. The Morgan fingerprint density at radius 1 is 1.02 bits per heavy atom. The van der Waals surface area contributed by atoms with E-state index in [9.17, 15) is 4.79 Å². The van der Waals surface area contributed by atoms with E-state index in [-0.39, 0.29) is 12.4 Å². The summed E-state index contributed by atoms with van der Waals surface area (Å²) in [5.74, 6) is 1.93. The molecule has 1 N–H and O–H groups in total. The Kier molecular flexibility index (Phi) is 8.15. The molecular formula is C29H22BrCl3N4O2S. The standard InChI is InChI=1S/C29H22BrCl3N4O2S/c30-18-9-11-25(39-14-16-8-10-19(31)13-22(16)33)20(12-18)27-26-23(6-3-7-24(26)38)34-28-35-29(36-37(27)28)40-15-17-4-1-2-5-21(17)32/h1-2,4-5,8-13,27H,3,6-7,14-15H2,(H,34,35,36). The first-order chi connectivity index (χ1) is 19.4. The van der Waals surface area contributed by atoms with Crippen LogP contribution in [0.4, 0.5) is 5.95 Å². The van der Waals surface area contributed by atoms with Gasteiger partial charge in [-0.05, 0) is 54.8 Å². The van der Waals surface area contributed by atoms with E-state index in [2.05, 4.69) is 21.2 Å². The summed E-state index contributed by atoms with van der Waals surface area (Å²) in [6.07, 6.45) is 2.04. The molecule has 0 saturated carbocycles. The van der Waals surface area contributed by atoms with Crippen molar-refractivity contribution in [1.82, 2.24) is 14.8 Å². The number of fused-ring (bicyclic) bond motifs is 1. The van der Waals surface area contributed by atoms with Gasteiger partial charge in [0.05, 0.1) is 0 Å². The zero-order valence-corrected chi connectivity index (χ0v) is 25.6. The lowest BCUT2D eigenvalue weighted by molar-refractivity contribution is -0.116. The van der Waals surface area contributed by atoms with Crippen molar-refractivity contribution in [3.63, 3.8) is 0 Å². The van der Waals surface area contributed by atoms with E-state index in [1.54, 1.807) is 16.8 Å². The quantitative estimate of drug-likeness (QED) is 0.197. The summed E-state index contributed by atoms with van der Waals surface area (Å²) >= 11 is 24.0. The zero-order valence-electron chi connectivity index (χ0n) is 21.0. The third kappa shape index (κ3) is 5.65. The van der Waals surface area contributed by atoms with Crippen molar-refractivity contribution in [2.75, 3.05) is 5.32 Å². The molecule has 1 unspecified atom stereocenters. The molecule has 0 spiro atoms. The Balaban J connectivity index is 1.38. The van der Waals surface area contributed by atoms with Gasteiger partial charge in [0.2, 0.25) is 11.1 Å². The first-order valence-electron chi connectivity index (χ1n) is 12.6. The molecule has 2 aliphatic rings. The number of carbonyl (C=O) groups is 1. The van der Waals surface area contributed by atoms with Crippen molar-refractivity contribution in [3.05, 3.63) is 108 Å². The normalized spacial score (nSPS) is 16.4. The second-order valence-corrected chi connectivity index (χ2v) is 12.6. The third-order valence-corrected chi connectivity index (χ3v) is 9.16. The van der Waals surface area contributed by atoms with Crippen LogP contribution in [0, 0.1) is 0 Å². The first-order valence-corrected chi connectivity index (χ1v) is 15.5. The largest absolute Gasteiger partial charge is 0.488 e. The van der Waals surface area contributed by atoms with Crippen LogP contribution in [0.2, 0.25) is 15.1 Å². The molecule has 1 aliphatic carbocycles. The number of ether oxygens (including phenoxy) is 1. The number of Topliss-reactive ketones (excluding diaryl/α,β-unsaturated/α-hetero) is 1.